The van der Waals surface area contributed by atoms with Gasteiger partial charge < -0.3 is 41.3 Å². The van der Waals surface area contributed by atoms with E-state index >= 15 is 0 Å². The molecule has 4 aromatic rings. The van der Waals surface area contributed by atoms with Crippen LogP contribution in [0.1, 0.15) is 77.6 Å². The number of hydrogen-bond donors (Lipinski definition) is 8. The number of amides is 2. The van der Waals surface area contributed by atoms with Crippen LogP contribution in [-0.2, 0) is 4.79 Å². The molecule has 4 aromatic carbocycles. The number of benzene rings is 4. The Morgan fingerprint density at radius 3 is 1.90 bits per heavy atom. The molecule has 8 N–H and O–H groups in total. The fraction of sp³-hybridized carbons (Fsp3) is 0.286. The van der Waals surface area contributed by atoms with Gasteiger partial charge in [-0.3, -0.25) is 9.59 Å². The van der Waals surface area contributed by atoms with Crippen molar-refractivity contribution in [3.05, 3.63) is 135 Å². The molecular weight excluding hydrogens is 660 g/mol. The maximum atomic E-state index is 13.6. The van der Waals surface area contributed by atoms with Gasteiger partial charge in [0.15, 0.2) is 11.5 Å². The quantitative estimate of drug-likeness (QED) is 0.0978. The molecule has 10 heteroatoms. The summed E-state index contributed by atoms with van der Waals surface area (Å²) >= 11 is 0. The second kappa shape index (κ2) is 14.6. The van der Waals surface area contributed by atoms with Crippen LogP contribution in [-0.4, -0.2) is 67.8 Å². The highest BCUT2D eigenvalue weighted by Crippen LogP contribution is 2.50. The van der Waals surface area contributed by atoms with Crippen LogP contribution in [0.4, 0.5) is 0 Å². The zero-order valence-corrected chi connectivity index (χ0v) is 29.5. The minimum atomic E-state index is -1.44. The van der Waals surface area contributed by atoms with Gasteiger partial charge in [0, 0.05) is 41.8 Å². The highest BCUT2D eigenvalue weighted by Gasteiger charge is 2.41. The molecule has 0 fully saturated rings. The van der Waals surface area contributed by atoms with Gasteiger partial charge in [-0.2, -0.15) is 0 Å². The summed E-state index contributed by atoms with van der Waals surface area (Å²) in [7, 11) is 0. The first-order chi connectivity index (χ1) is 24.8. The van der Waals surface area contributed by atoms with Crippen molar-refractivity contribution in [1.82, 2.24) is 10.6 Å². The molecule has 10 nitrogen and oxygen atoms in total. The minimum absolute atomic E-state index is 0.0295. The Morgan fingerprint density at radius 2 is 1.33 bits per heavy atom. The number of aryl methyl sites for hydroxylation is 1. The van der Waals surface area contributed by atoms with Crippen molar-refractivity contribution in [2.45, 2.75) is 64.1 Å². The lowest BCUT2D eigenvalue weighted by Gasteiger charge is -2.37. The van der Waals surface area contributed by atoms with Crippen molar-refractivity contribution in [1.29, 1.82) is 0 Å². The molecule has 0 aromatic heterocycles. The molecule has 52 heavy (non-hydrogen) atoms. The van der Waals surface area contributed by atoms with Crippen LogP contribution >= 0.6 is 0 Å². The third-order valence-electron chi connectivity index (χ3n) is 10.4. The van der Waals surface area contributed by atoms with E-state index in [2.05, 4.69) is 10.6 Å². The van der Waals surface area contributed by atoms with Crippen molar-refractivity contribution in [2.24, 2.45) is 0 Å². The Balaban J connectivity index is 1.32. The van der Waals surface area contributed by atoms with Gasteiger partial charge in [0.05, 0.1) is 17.2 Å². The third-order valence-corrected chi connectivity index (χ3v) is 10.4. The van der Waals surface area contributed by atoms with E-state index < -0.39 is 47.2 Å². The molecule has 0 spiro atoms. The van der Waals surface area contributed by atoms with Gasteiger partial charge in [-0.15, -0.1) is 0 Å². The SMILES string of the molecule is CC1=CC2=C(C[C@@H](O)C(O)=C2C(=O)NCC(C)c2ccccc2)C(O)[C@@H]1c1c(C)cc2c(C(=O)NC[C@@H](C)c3ccccc3)c(O)c(O)cc2c1O. The number of allylic oxidation sites excluding steroid dienone is 1. The lowest BCUT2D eigenvalue weighted by Crippen LogP contribution is -2.37. The monoisotopic (exact) mass is 704 g/mol. The maximum Gasteiger partial charge on any atom is 0.255 e. The number of phenolic OH excluding ortho intramolecular Hbond substituents is 3. The van der Waals surface area contributed by atoms with Crippen LogP contribution in [0.15, 0.2) is 107 Å². The lowest BCUT2D eigenvalue weighted by molar-refractivity contribution is -0.117. The van der Waals surface area contributed by atoms with Gasteiger partial charge in [0.1, 0.15) is 17.6 Å². The number of aliphatic hydroxyl groups excluding tert-OH is 3. The Morgan fingerprint density at radius 1 is 0.769 bits per heavy atom. The summed E-state index contributed by atoms with van der Waals surface area (Å²) < 4.78 is 0. The van der Waals surface area contributed by atoms with E-state index in [0.717, 1.165) is 11.1 Å². The zero-order chi connectivity index (χ0) is 37.4. The molecular formula is C42H44N2O8. The standard InChI is InChI=1S/C42H44N2O8/c1-21-15-27-29(17-31(45)39(49)35(27)41(51)43-19-23(3)25-11-7-5-8-12-25)37(47)33(21)34-22(2)16-28-30(38(34)48)18-32(46)40(50)36(28)42(52)44-20-24(4)26-13-9-6-10-14-26/h5-17,23-24,32,34,38,45-50H,18-20H2,1-4H3,(H,43,51)(H,44,52)/t23-,24?,32-,34+,38?/m1/s1. The average molecular weight is 705 g/mol. The average Bonchev–Trinajstić information content (AvgIpc) is 3.13. The normalized spacial score (nSPS) is 19.9. The van der Waals surface area contributed by atoms with E-state index in [9.17, 15) is 40.2 Å². The number of aliphatic hydroxyl groups is 3. The van der Waals surface area contributed by atoms with Gasteiger partial charge in [0.2, 0.25) is 0 Å². The number of carbonyl (C=O) groups excluding carboxylic acids is 2. The van der Waals surface area contributed by atoms with Gasteiger partial charge >= 0.3 is 0 Å². The molecule has 0 radical (unpaired) electrons. The number of rotatable bonds is 9. The second-order valence-electron chi connectivity index (χ2n) is 13.9. The fourth-order valence-corrected chi connectivity index (χ4v) is 7.45. The van der Waals surface area contributed by atoms with Crippen LogP contribution in [0.25, 0.3) is 10.8 Å². The molecule has 6 rings (SSSR count). The zero-order valence-electron chi connectivity index (χ0n) is 29.5. The van der Waals surface area contributed by atoms with Crippen molar-refractivity contribution < 1.29 is 40.2 Å². The van der Waals surface area contributed by atoms with E-state index in [0.29, 0.717) is 27.8 Å². The van der Waals surface area contributed by atoms with E-state index in [4.69, 9.17) is 0 Å². The number of carbonyl (C=O) groups is 2. The molecule has 0 saturated heterocycles. The van der Waals surface area contributed by atoms with Crippen molar-refractivity contribution in [3.63, 3.8) is 0 Å². The highest BCUT2D eigenvalue weighted by atomic mass is 16.3. The molecule has 2 aliphatic rings. The van der Waals surface area contributed by atoms with Gasteiger partial charge in [0.25, 0.3) is 11.8 Å². The topological polar surface area (TPSA) is 180 Å². The molecule has 2 aliphatic carbocycles. The number of nitrogens with one attached hydrogen (secondary N) is 2. The van der Waals surface area contributed by atoms with Crippen LogP contribution < -0.4 is 10.6 Å². The highest BCUT2D eigenvalue weighted by molar-refractivity contribution is 6.12. The summed E-state index contributed by atoms with van der Waals surface area (Å²) in [5.41, 5.74) is 3.71. The Bertz CT molecular complexity index is 2140. The number of fused-ring (bicyclic) bond motifs is 1. The van der Waals surface area contributed by atoms with E-state index in [1.165, 1.54) is 6.07 Å². The molecule has 5 atom stereocenters. The van der Waals surface area contributed by atoms with E-state index in [1.54, 1.807) is 26.0 Å². The van der Waals surface area contributed by atoms with Crippen LogP contribution in [0.2, 0.25) is 0 Å². The van der Waals surface area contributed by atoms with Crippen molar-refractivity contribution in [2.75, 3.05) is 13.1 Å². The Kier molecular flexibility index (Phi) is 10.2. The van der Waals surface area contributed by atoms with Crippen LogP contribution in [0, 0.1) is 6.92 Å². The predicted molar refractivity (Wildman–Crippen MR) is 199 cm³/mol. The first kappa shape index (κ1) is 36.2. The predicted octanol–water partition coefficient (Wildman–Crippen LogP) is 6.00. The smallest absolute Gasteiger partial charge is 0.255 e. The molecule has 0 heterocycles. The third kappa shape index (κ3) is 6.63. The molecule has 2 unspecified atom stereocenters. The summed E-state index contributed by atoms with van der Waals surface area (Å²) in [6, 6.07) is 22.1. The van der Waals surface area contributed by atoms with Gasteiger partial charge in [-0.1, -0.05) is 86.2 Å². The largest absolute Gasteiger partial charge is 0.509 e. The molecule has 270 valence electrons. The summed E-state index contributed by atoms with van der Waals surface area (Å²) in [4.78, 5) is 27.1. The number of phenols is 3. The maximum absolute atomic E-state index is 13.6. The minimum Gasteiger partial charge on any atom is -0.509 e. The first-order valence-corrected chi connectivity index (χ1v) is 17.4. The number of aromatic hydroxyl groups is 3. The van der Waals surface area contributed by atoms with Crippen LogP contribution in [0.3, 0.4) is 0 Å². The van der Waals surface area contributed by atoms with Crippen molar-refractivity contribution >= 4 is 22.6 Å². The summed E-state index contributed by atoms with van der Waals surface area (Å²) in [6.45, 7) is 7.87. The summed E-state index contributed by atoms with van der Waals surface area (Å²) in [5.74, 6) is -4.17. The summed E-state index contributed by atoms with van der Waals surface area (Å²) in [5, 5.41) is 73.1. The first-order valence-electron chi connectivity index (χ1n) is 17.4. The Labute approximate surface area is 302 Å². The summed E-state index contributed by atoms with van der Waals surface area (Å²) in [6.07, 6.45) is -1.23. The Hall–Kier alpha value is -5.58. The van der Waals surface area contributed by atoms with Crippen LogP contribution in [0.5, 0.6) is 17.2 Å². The number of hydrogen-bond acceptors (Lipinski definition) is 8. The second-order valence-corrected chi connectivity index (χ2v) is 13.9. The van der Waals surface area contributed by atoms with E-state index in [-0.39, 0.29) is 59.0 Å². The van der Waals surface area contributed by atoms with E-state index in [1.807, 2.05) is 74.5 Å². The van der Waals surface area contributed by atoms with Crippen molar-refractivity contribution in [3.8, 4) is 17.2 Å². The van der Waals surface area contributed by atoms with Gasteiger partial charge in [-0.25, -0.2) is 0 Å². The molecule has 0 bridgehead atoms. The molecule has 2 amide bonds. The molecule has 0 saturated carbocycles. The van der Waals surface area contributed by atoms with Gasteiger partial charge in [-0.05, 0) is 65.7 Å². The molecule has 0 aliphatic heterocycles. The fourth-order valence-electron chi connectivity index (χ4n) is 7.45. The lowest BCUT2D eigenvalue weighted by atomic mass is 9.71.